The van der Waals surface area contributed by atoms with Crippen LogP contribution in [0.2, 0.25) is 0 Å². The average Bonchev–Trinajstić information content (AvgIpc) is 3.54. The van der Waals surface area contributed by atoms with E-state index in [1.165, 1.54) is 4.90 Å². The number of hydrogen-bond acceptors (Lipinski definition) is 4. The molecule has 5 rings (SSSR count). The lowest BCUT2D eigenvalue weighted by atomic mass is 10.1. The van der Waals surface area contributed by atoms with Crippen LogP contribution >= 0.6 is 12.2 Å². The number of carbonyl (C=O) groups excluding carboxylic acids is 2. The number of carbonyl (C=O) groups is 2. The van der Waals surface area contributed by atoms with E-state index in [-0.39, 0.29) is 24.5 Å². The van der Waals surface area contributed by atoms with E-state index < -0.39 is 0 Å². The van der Waals surface area contributed by atoms with Crippen LogP contribution in [0.25, 0.3) is 17.0 Å². The standard InChI is InChI=1S/C27H28N4O3S/c1-17-9-10-20(12-18(17)2)31-26(33)23(29-27(31)35)13-19-15-30(24-8-4-3-7-22(19)24)16-25(32)28-14-21-6-5-11-34-21/h3-4,7-10,12-13,15,21H,5-6,11,14,16H2,1-2H3,(H,28,32)(H,29,35)/b23-13-/t21-/m1/s1. The van der Waals surface area contributed by atoms with Crippen LogP contribution in [0.1, 0.15) is 29.5 Å². The van der Waals surface area contributed by atoms with Crippen molar-refractivity contribution in [2.75, 3.05) is 18.1 Å². The van der Waals surface area contributed by atoms with E-state index >= 15 is 0 Å². The third-order valence-corrected chi connectivity index (χ3v) is 6.90. The Bertz CT molecular complexity index is 1350. The van der Waals surface area contributed by atoms with Crippen molar-refractivity contribution in [3.63, 3.8) is 0 Å². The lowest BCUT2D eigenvalue weighted by Crippen LogP contribution is -2.34. The van der Waals surface area contributed by atoms with Gasteiger partial charge in [-0.3, -0.25) is 14.5 Å². The van der Waals surface area contributed by atoms with Gasteiger partial charge < -0.3 is 19.9 Å². The molecule has 2 saturated heterocycles. The van der Waals surface area contributed by atoms with Crippen molar-refractivity contribution in [2.24, 2.45) is 0 Å². The van der Waals surface area contributed by atoms with Gasteiger partial charge in [0.2, 0.25) is 5.91 Å². The van der Waals surface area contributed by atoms with Gasteiger partial charge in [-0.25, -0.2) is 0 Å². The first kappa shape index (κ1) is 23.3. The Morgan fingerprint density at radius 1 is 1.23 bits per heavy atom. The summed E-state index contributed by atoms with van der Waals surface area (Å²) in [5.74, 6) is -0.276. The number of nitrogens with zero attached hydrogens (tertiary/aromatic N) is 2. The molecule has 2 aliphatic rings. The second kappa shape index (κ2) is 9.64. The number of ether oxygens (including phenoxy) is 1. The number of rotatable bonds is 6. The molecule has 1 atom stereocenters. The number of fused-ring (bicyclic) bond motifs is 1. The molecule has 0 radical (unpaired) electrons. The van der Waals surface area contributed by atoms with E-state index in [0.29, 0.717) is 17.4 Å². The summed E-state index contributed by atoms with van der Waals surface area (Å²) < 4.78 is 7.50. The molecule has 180 valence electrons. The van der Waals surface area contributed by atoms with Crippen LogP contribution in [-0.2, 0) is 20.9 Å². The van der Waals surface area contributed by atoms with Crippen LogP contribution in [0.15, 0.2) is 54.4 Å². The summed E-state index contributed by atoms with van der Waals surface area (Å²) in [7, 11) is 0. The highest BCUT2D eigenvalue weighted by atomic mass is 32.1. The lowest BCUT2D eigenvalue weighted by Gasteiger charge is -2.15. The fourth-order valence-electron chi connectivity index (χ4n) is 4.55. The van der Waals surface area contributed by atoms with Crippen LogP contribution in [0, 0.1) is 13.8 Å². The van der Waals surface area contributed by atoms with Crippen molar-refractivity contribution in [1.29, 1.82) is 0 Å². The first-order valence-corrected chi connectivity index (χ1v) is 12.2. The smallest absolute Gasteiger partial charge is 0.281 e. The summed E-state index contributed by atoms with van der Waals surface area (Å²) in [6.45, 7) is 5.52. The minimum Gasteiger partial charge on any atom is -0.376 e. The maximum absolute atomic E-state index is 13.3. The Labute approximate surface area is 209 Å². The Balaban J connectivity index is 1.39. The molecule has 2 amide bonds. The second-order valence-corrected chi connectivity index (χ2v) is 9.45. The van der Waals surface area contributed by atoms with Gasteiger partial charge in [-0.15, -0.1) is 0 Å². The second-order valence-electron chi connectivity index (χ2n) is 9.07. The number of aromatic nitrogens is 1. The number of anilines is 1. The third-order valence-electron chi connectivity index (χ3n) is 6.61. The van der Waals surface area contributed by atoms with Gasteiger partial charge in [0.05, 0.1) is 11.8 Å². The number of thiocarbonyl (C=S) groups is 1. The first-order chi connectivity index (χ1) is 16.9. The summed E-state index contributed by atoms with van der Waals surface area (Å²) in [5, 5.41) is 7.35. The van der Waals surface area contributed by atoms with Gasteiger partial charge in [0.1, 0.15) is 12.2 Å². The van der Waals surface area contributed by atoms with Gasteiger partial charge in [-0.05, 0) is 74.3 Å². The molecule has 0 unspecified atom stereocenters. The average molecular weight is 489 g/mol. The Kier molecular flexibility index (Phi) is 6.40. The molecule has 2 fully saturated rings. The topological polar surface area (TPSA) is 75.6 Å². The maximum Gasteiger partial charge on any atom is 0.281 e. The minimum atomic E-state index is -0.204. The van der Waals surface area contributed by atoms with Crippen molar-refractivity contribution in [2.45, 2.75) is 39.3 Å². The molecule has 8 heteroatoms. The number of benzene rings is 2. The minimum absolute atomic E-state index is 0.0717. The van der Waals surface area contributed by atoms with Crippen LogP contribution < -0.4 is 15.5 Å². The number of para-hydroxylation sites is 1. The maximum atomic E-state index is 13.3. The Morgan fingerprint density at radius 3 is 2.83 bits per heavy atom. The molecule has 0 bridgehead atoms. The van der Waals surface area contributed by atoms with Gasteiger partial charge in [0.15, 0.2) is 5.11 Å². The highest BCUT2D eigenvalue weighted by Gasteiger charge is 2.32. The zero-order chi connectivity index (χ0) is 24.5. The summed E-state index contributed by atoms with van der Waals surface area (Å²) >= 11 is 5.49. The lowest BCUT2D eigenvalue weighted by molar-refractivity contribution is -0.122. The number of hydrogen-bond donors (Lipinski definition) is 2. The molecule has 0 spiro atoms. The van der Waals surface area contributed by atoms with E-state index in [4.69, 9.17) is 17.0 Å². The van der Waals surface area contributed by atoms with Crippen molar-refractivity contribution in [3.05, 3.63) is 71.0 Å². The molecule has 0 saturated carbocycles. The highest BCUT2D eigenvalue weighted by molar-refractivity contribution is 7.80. The van der Waals surface area contributed by atoms with Crippen molar-refractivity contribution in [3.8, 4) is 0 Å². The third kappa shape index (κ3) is 4.72. The molecule has 2 aromatic carbocycles. The quantitative estimate of drug-likeness (QED) is 0.408. The Morgan fingerprint density at radius 2 is 2.06 bits per heavy atom. The predicted octanol–water partition coefficient (Wildman–Crippen LogP) is 3.82. The predicted molar refractivity (Wildman–Crippen MR) is 141 cm³/mol. The molecule has 3 heterocycles. The zero-order valence-corrected chi connectivity index (χ0v) is 20.7. The zero-order valence-electron chi connectivity index (χ0n) is 19.8. The van der Waals surface area contributed by atoms with Gasteiger partial charge >= 0.3 is 0 Å². The van der Waals surface area contributed by atoms with Crippen molar-refractivity contribution >= 4 is 51.8 Å². The van der Waals surface area contributed by atoms with E-state index in [1.54, 1.807) is 6.08 Å². The molecule has 3 aromatic rings. The first-order valence-electron chi connectivity index (χ1n) is 11.8. The van der Waals surface area contributed by atoms with Gasteiger partial charge in [0.25, 0.3) is 5.91 Å². The van der Waals surface area contributed by atoms with Crippen LogP contribution in [-0.4, -0.2) is 40.7 Å². The number of nitrogens with one attached hydrogen (secondary N) is 2. The van der Waals surface area contributed by atoms with Crippen LogP contribution in [0.3, 0.4) is 0 Å². The normalized spacial score (nSPS) is 19.1. The van der Waals surface area contributed by atoms with E-state index in [2.05, 4.69) is 10.6 Å². The monoisotopic (exact) mass is 488 g/mol. The highest BCUT2D eigenvalue weighted by Crippen LogP contribution is 2.27. The van der Waals surface area contributed by atoms with E-state index in [0.717, 1.165) is 52.7 Å². The Hall–Kier alpha value is -3.49. The molecular formula is C27H28N4O3S. The molecular weight excluding hydrogens is 460 g/mol. The molecule has 2 N–H and O–H groups in total. The molecule has 0 aliphatic carbocycles. The van der Waals surface area contributed by atoms with Crippen LogP contribution in [0.5, 0.6) is 0 Å². The number of aryl methyl sites for hydroxylation is 2. The summed E-state index contributed by atoms with van der Waals surface area (Å²) in [6.07, 6.45) is 5.83. The van der Waals surface area contributed by atoms with Gasteiger partial charge in [0, 0.05) is 35.8 Å². The van der Waals surface area contributed by atoms with Crippen LogP contribution in [0.4, 0.5) is 5.69 Å². The fraction of sp³-hybridized carbons (Fsp3) is 0.296. The van der Waals surface area contributed by atoms with Crippen molar-refractivity contribution < 1.29 is 14.3 Å². The van der Waals surface area contributed by atoms with Gasteiger partial charge in [-0.2, -0.15) is 0 Å². The SMILES string of the molecule is Cc1ccc(N2C(=O)/C(=C/c3cn(CC(=O)NC[C@H]4CCCO4)c4ccccc34)NC2=S)cc1C. The summed E-state index contributed by atoms with van der Waals surface area (Å²) in [4.78, 5) is 27.4. The summed E-state index contributed by atoms with van der Waals surface area (Å²) in [5.41, 5.74) is 5.15. The summed E-state index contributed by atoms with van der Waals surface area (Å²) in [6, 6.07) is 13.7. The van der Waals surface area contributed by atoms with E-state index in [9.17, 15) is 9.59 Å². The fourth-order valence-corrected chi connectivity index (χ4v) is 4.85. The molecule has 7 nitrogen and oxygen atoms in total. The largest absolute Gasteiger partial charge is 0.376 e. The molecule has 1 aromatic heterocycles. The van der Waals surface area contributed by atoms with Crippen molar-refractivity contribution in [1.82, 2.24) is 15.2 Å². The number of amides is 2. The molecule has 35 heavy (non-hydrogen) atoms. The molecule has 2 aliphatic heterocycles. The van der Waals surface area contributed by atoms with Gasteiger partial charge in [-0.1, -0.05) is 24.3 Å². The van der Waals surface area contributed by atoms with E-state index in [1.807, 2.05) is 67.1 Å².